The molecule has 2 rings (SSSR count). The maximum Gasteiger partial charge on any atom is 0.328 e. The summed E-state index contributed by atoms with van der Waals surface area (Å²) in [5.74, 6) is 0.208. The molecule has 0 aliphatic rings. The highest BCUT2D eigenvalue weighted by Gasteiger charge is 1.99. The number of hydrogen-bond donors (Lipinski definition) is 1. The number of aryl methyl sites for hydroxylation is 1. The molecule has 0 atom stereocenters. The molecule has 1 aromatic heterocycles. The van der Waals surface area contributed by atoms with Crippen LogP contribution in [0.25, 0.3) is 6.08 Å². The highest BCUT2D eigenvalue weighted by atomic mass is 16.5. The number of ether oxygens (including phenoxy) is 1. The minimum atomic E-state index is -0.986. The third kappa shape index (κ3) is 3.96. The SMILES string of the molecule is Cc1cccc(Oc2ccc(/C=C/C(=O)O)cn2)c1. The molecule has 4 nitrogen and oxygen atoms in total. The molecule has 4 heteroatoms. The fourth-order valence-electron chi connectivity index (χ4n) is 1.52. The van der Waals surface area contributed by atoms with Crippen LogP contribution in [0.5, 0.6) is 11.6 Å². The Balaban J connectivity index is 2.08. The Hall–Kier alpha value is -2.62. The number of nitrogens with zero attached hydrogens (tertiary/aromatic N) is 1. The van der Waals surface area contributed by atoms with Crippen LogP contribution >= 0.6 is 0 Å². The zero-order chi connectivity index (χ0) is 13.7. The fraction of sp³-hybridized carbons (Fsp3) is 0.0667. The summed E-state index contributed by atoms with van der Waals surface area (Å²) in [6.07, 6.45) is 4.11. The Labute approximate surface area is 111 Å². The standard InChI is InChI=1S/C15H13NO3/c1-11-3-2-4-13(9-11)19-14-7-5-12(10-16-14)6-8-15(17)18/h2-10H,1H3,(H,17,18)/b8-6+. The van der Waals surface area contributed by atoms with Crippen LogP contribution in [0.4, 0.5) is 0 Å². The van der Waals surface area contributed by atoms with Gasteiger partial charge in [0.15, 0.2) is 0 Å². The second-order valence-corrected chi connectivity index (χ2v) is 4.02. The number of aliphatic carboxylic acids is 1. The molecule has 1 heterocycles. The van der Waals surface area contributed by atoms with Gasteiger partial charge in [0.2, 0.25) is 5.88 Å². The topological polar surface area (TPSA) is 59.4 Å². The molecule has 0 saturated heterocycles. The molecule has 1 N–H and O–H groups in total. The van der Waals surface area contributed by atoms with E-state index in [1.807, 2.05) is 31.2 Å². The van der Waals surface area contributed by atoms with Gasteiger partial charge in [-0.25, -0.2) is 9.78 Å². The van der Waals surface area contributed by atoms with Crippen LogP contribution < -0.4 is 4.74 Å². The molecule has 0 spiro atoms. The smallest absolute Gasteiger partial charge is 0.328 e. The molecule has 0 fully saturated rings. The van der Waals surface area contributed by atoms with Gasteiger partial charge in [0.25, 0.3) is 0 Å². The molecule has 96 valence electrons. The van der Waals surface area contributed by atoms with Crippen molar-refractivity contribution in [3.63, 3.8) is 0 Å². The summed E-state index contributed by atoms with van der Waals surface area (Å²) in [4.78, 5) is 14.5. The Kier molecular flexibility index (Phi) is 3.93. The molecule has 2 aromatic rings. The van der Waals surface area contributed by atoms with E-state index in [1.54, 1.807) is 18.3 Å². The van der Waals surface area contributed by atoms with Gasteiger partial charge in [0.05, 0.1) is 0 Å². The minimum absolute atomic E-state index is 0.470. The molecule has 1 aromatic carbocycles. The van der Waals surface area contributed by atoms with Crippen LogP contribution in [0.2, 0.25) is 0 Å². The first-order valence-corrected chi connectivity index (χ1v) is 5.75. The zero-order valence-electron chi connectivity index (χ0n) is 10.4. The number of rotatable bonds is 4. The highest BCUT2D eigenvalue weighted by Crippen LogP contribution is 2.20. The lowest BCUT2D eigenvalue weighted by Gasteiger charge is -2.05. The third-order valence-corrected chi connectivity index (χ3v) is 2.39. The first-order valence-electron chi connectivity index (χ1n) is 5.75. The molecule has 0 saturated carbocycles. The zero-order valence-corrected chi connectivity index (χ0v) is 10.4. The van der Waals surface area contributed by atoms with E-state index in [0.717, 1.165) is 17.4 Å². The van der Waals surface area contributed by atoms with Gasteiger partial charge in [-0.2, -0.15) is 0 Å². The number of pyridine rings is 1. The average Bonchev–Trinajstić information content (AvgIpc) is 2.38. The number of hydrogen-bond acceptors (Lipinski definition) is 3. The van der Waals surface area contributed by atoms with Gasteiger partial charge in [-0.1, -0.05) is 12.1 Å². The van der Waals surface area contributed by atoms with Crippen LogP contribution in [0.15, 0.2) is 48.7 Å². The van der Waals surface area contributed by atoms with E-state index in [1.165, 1.54) is 6.08 Å². The molecule has 19 heavy (non-hydrogen) atoms. The Bertz CT molecular complexity index is 603. The maximum atomic E-state index is 10.4. The van der Waals surface area contributed by atoms with Crippen LogP contribution in [0.1, 0.15) is 11.1 Å². The maximum absolute atomic E-state index is 10.4. The van der Waals surface area contributed by atoms with Crippen molar-refractivity contribution >= 4 is 12.0 Å². The summed E-state index contributed by atoms with van der Waals surface area (Å²) in [5, 5.41) is 8.52. The van der Waals surface area contributed by atoms with Gasteiger partial charge in [0.1, 0.15) is 5.75 Å². The predicted molar refractivity (Wildman–Crippen MR) is 72.2 cm³/mol. The predicted octanol–water partition coefficient (Wildman–Crippen LogP) is 3.28. The van der Waals surface area contributed by atoms with Gasteiger partial charge in [-0.15, -0.1) is 0 Å². The molecule has 0 bridgehead atoms. The van der Waals surface area contributed by atoms with Gasteiger partial charge in [0, 0.05) is 18.3 Å². The molecule has 0 aliphatic carbocycles. The summed E-state index contributed by atoms with van der Waals surface area (Å²) < 4.78 is 5.59. The number of benzene rings is 1. The normalized spacial score (nSPS) is 10.6. The molecule has 0 unspecified atom stereocenters. The van der Waals surface area contributed by atoms with Gasteiger partial charge < -0.3 is 9.84 Å². The van der Waals surface area contributed by atoms with Crippen LogP contribution in [-0.4, -0.2) is 16.1 Å². The van der Waals surface area contributed by atoms with Crippen LogP contribution in [-0.2, 0) is 4.79 Å². The Morgan fingerprint density at radius 3 is 2.79 bits per heavy atom. The lowest BCUT2D eigenvalue weighted by Crippen LogP contribution is -1.89. The highest BCUT2D eigenvalue weighted by molar-refractivity contribution is 5.85. The summed E-state index contributed by atoms with van der Waals surface area (Å²) in [6, 6.07) is 11.1. The second-order valence-electron chi connectivity index (χ2n) is 4.02. The number of carboxylic acid groups (broad SMARTS) is 1. The molecular weight excluding hydrogens is 242 g/mol. The van der Waals surface area contributed by atoms with E-state index in [4.69, 9.17) is 9.84 Å². The van der Waals surface area contributed by atoms with E-state index >= 15 is 0 Å². The number of aromatic nitrogens is 1. The molecule has 0 amide bonds. The first kappa shape index (κ1) is 12.8. The van der Waals surface area contributed by atoms with Crippen molar-refractivity contribution < 1.29 is 14.6 Å². The Morgan fingerprint density at radius 1 is 1.32 bits per heavy atom. The number of carboxylic acids is 1. The summed E-state index contributed by atoms with van der Waals surface area (Å²) in [6.45, 7) is 1.99. The lowest BCUT2D eigenvalue weighted by molar-refractivity contribution is -0.131. The Morgan fingerprint density at radius 2 is 2.16 bits per heavy atom. The van der Waals surface area contributed by atoms with Crippen LogP contribution in [0, 0.1) is 6.92 Å². The number of carbonyl (C=O) groups is 1. The first-order chi connectivity index (χ1) is 9.13. The van der Waals surface area contributed by atoms with Crippen molar-refractivity contribution in [2.45, 2.75) is 6.92 Å². The van der Waals surface area contributed by atoms with E-state index < -0.39 is 5.97 Å². The monoisotopic (exact) mass is 255 g/mol. The van der Waals surface area contributed by atoms with Gasteiger partial charge in [-0.05, 0) is 42.3 Å². The van der Waals surface area contributed by atoms with Crippen LogP contribution in [0.3, 0.4) is 0 Å². The molecule has 0 aliphatic heterocycles. The average molecular weight is 255 g/mol. The van der Waals surface area contributed by atoms with E-state index in [-0.39, 0.29) is 0 Å². The van der Waals surface area contributed by atoms with Crippen molar-refractivity contribution in [1.29, 1.82) is 0 Å². The van der Waals surface area contributed by atoms with E-state index in [0.29, 0.717) is 11.4 Å². The fourth-order valence-corrected chi connectivity index (χ4v) is 1.52. The molecule has 0 radical (unpaired) electrons. The van der Waals surface area contributed by atoms with E-state index in [2.05, 4.69) is 4.98 Å². The van der Waals surface area contributed by atoms with Crippen molar-refractivity contribution in [3.05, 3.63) is 59.8 Å². The van der Waals surface area contributed by atoms with E-state index in [9.17, 15) is 4.79 Å². The van der Waals surface area contributed by atoms with Crippen molar-refractivity contribution in [2.75, 3.05) is 0 Å². The molecular formula is C15H13NO3. The quantitative estimate of drug-likeness (QED) is 0.852. The van der Waals surface area contributed by atoms with Crippen molar-refractivity contribution in [1.82, 2.24) is 4.98 Å². The van der Waals surface area contributed by atoms with Gasteiger partial charge >= 0.3 is 5.97 Å². The van der Waals surface area contributed by atoms with Crippen molar-refractivity contribution in [3.8, 4) is 11.6 Å². The largest absolute Gasteiger partial charge is 0.478 e. The summed E-state index contributed by atoms with van der Waals surface area (Å²) in [7, 11) is 0. The lowest BCUT2D eigenvalue weighted by atomic mass is 10.2. The van der Waals surface area contributed by atoms with Crippen molar-refractivity contribution in [2.24, 2.45) is 0 Å². The summed E-state index contributed by atoms with van der Waals surface area (Å²) >= 11 is 0. The second kappa shape index (κ2) is 5.82. The summed E-state index contributed by atoms with van der Waals surface area (Å²) in [5.41, 5.74) is 1.82. The minimum Gasteiger partial charge on any atom is -0.478 e. The van der Waals surface area contributed by atoms with Gasteiger partial charge in [-0.3, -0.25) is 0 Å². The third-order valence-electron chi connectivity index (χ3n) is 2.39.